The molecule has 118 valence electrons. The van der Waals surface area contributed by atoms with E-state index in [0.717, 1.165) is 56.0 Å². The zero-order valence-corrected chi connectivity index (χ0v) is 13.9. The number of amides is 1. The van der Waals surface area contributed by atoms with Crippen LogP contribution in [0.2, 0.25) is 0 Å². The van der Waals surface area contributed by atoms with Gasteiger partial charge in [-0.3, -0.25) is 9.69 Å². The number of nitrogens with one attached hydrogen (secondary N) is 1. The summed E-state index contributed by atoms with van der Waals surface area (Å²) in [6.45, 7) is 8.39. The van der Waals surface area contributed by atoms with Crippen LogP contribution < -0.4 is 0 Å². The van der Waals surface area contributed by atoms with Crippen LogP contribution in [0, 0.1) is 6.92 Å². The Kier molecular flexibility index (Phi) is 4.59. The normalized spacial score (nSPS) is 16.2. The Morgan fingerprint density at radius 1 is 1.32 bits per heavy atom. The van der Waals surface area contributed by atoms with Crippen LogP contribution in [0.1, 0.15) is 33.5 Å². The molecule has 0 unspecified atom stereocenters. The van der Waals surface area contributed by atoms with E-state index in [1.807, 2.05) is 18.0 Å². The van der Waals surface area contributed by atoms with Crippen molar-refractivity contribution in [2.24, 2.45) is 0 Å². The number of carbonyl (C=O) groups is 1. The number of carbonyl (C=O) groups excluding carboxylic acids is 1. The Morgan fingerprint density at radius 3 is 2.68 bits per heavy atom. The molecular weight excluding hydrogens is 296 g/mol. The third-order valence-electron chi connectivity index (χ3n) is 4.13. The van der Waals surface area contributed by atoms with E-state index in [0.29, 0.717) is 0 Å². The zero-order chi connectivity index (χ0) is 15.5. The van der Waals surface area contributed by atoms with Crippen molar-refractivity contribution in [1.82, 2.24) is 19.8 Å². The van der Waals surface area contributed by atoms with E-state index in [1.54, 1.807) is 17.5 Å². The van der Waals surface area contributed by atoms with Crippen LogP contribution in [0.25, 0.3) is 0 Å². The van der Waals surface area contributed by atoms with Gasteiger partial charge >= 0.3 is 0 Å². The molecule has 0 aliphatic carbocycles. The summed E-state index contributed by atoms with van der Waals surface area (Å²) < 4.78 is 0. The van der Waals surface area contributed by atoms with Crippen molar-refractivity contribution >= 4 is 17.2 Å². The number of piperazine rings is 1. The van der Waals surface area contributed by atoms with E-state index in [9.17, 15) is 4.79 Å². The standard InChI is InChI=1S/C16H22N4OS/c1-3-15-18-13(11-22-15)10-19-4-6-20(7-5-19)16(21)14-9-17-8-12(14)2/h8-9,11,17H,3-7,10H2,1-2H3. The lowest BCUT2D eigenvalue weighted by Crippen LogP contribution is -2.48. The molecule has 0 bridgehead atoms. The number of aromatic amines is 1. The largest absolute Gasteiger partial charge is 0.367 e. The molecule has 6 heteroatoms. The maximum absolute atomic E-state index is 12.5. The number of H-pyrrole nitrogens is 1. The maximum atomic E-state index is 12.5. The van der Waals surface area contributed by atoms with E-state index in [2.05, 4.69) is 27.2 Å². The van der Waals surface area contributed by atoms with Gasteiger partial charge in [0, 0.05) is 50.5 Å². The minimum Gasteiger partial charge on any atom is -0.367 e. The number of hydrogen-bond donors (Lipinski definition) is 1. The van der Waals surface area contributed by atoms with Gasteiger partial charge in [0.25, 0.3) is 5.91 Å². The molecule has 0 radical (unpaired) electrons. The Hall–Kier alpha value is -1.66. The van der Waals surface area contributed by atoms with Crippen molar-refractivity contribution in [3.63, 3.8) is 0 Å². The molecule has 0 aromatic carbocycles. The van der Waals surface area contributed by atoms with Crippen LogP contribution in [0.4, 0.5) is 0 Å². The van der Waals surface area contributed by atoms with Gasteiger partial charge in [0.1, 0.15) is 0 Å². The number of hydrogen-bond acceptors (Lipinski definition) is 4. The fraction of sp³-hybridized carbons (Fsp3) is 0.500. The lowest BCUT2D eigenvalue weighted by Gasteiger charge is -2.34. The smallest absolute Gasteiger partial charge is 0.255 e. The first-order valence-electron chi connectivity index (χ1n) is 7.75. The highest BCUT2D eigenvalue weighted by Crippen LogP contribution is 2.15. The SMILES string of the molecule is CCc1nc(CN2CCN(C(=O)c3c[nH]cc3C)CC2)cs1. The van der Waals surface area contributed by atoms with Crippen molar-refractivity contribution in [3.8, 4) is 0 Å². The second-order valence-corrected chi connectivity index (χ2v) is 6.65. The molecule has 1 amide bonds. The number of thiazole rings is 1. The summed E-state index contributed by atoms with van der Waals surface area (Å²) in [4.78, 5) is 24.4. The molecule has 3 rings (SSSR count). The molecule has 22 heavy (non-hydrogen) atoms. The first-order valence-corrected chi connectivity index (χ1v) is 8.63. The molecular formula is C16H22N4OS. The Labute approximate surface area is 135 Å². The van der Waals surface area contributed by atoms with Gasteiger partial charge < -0.3 is 9.88 Å². The number of aryl methyl sites for hydroxylation is 2. The van der Waals surface area contributed by atoms with E-state index in [4.69, 9.17) is 0 Å². The number of nitrogens with zero attached hydrogens (tertiary/aromatic N) is 3. The van der Waals surface area contributed by atoms with Gasteiger partial charge in [-0.25, -0.2) is 4.98 Å². The Bertz CT molecular complexity index is 640. The van der Waals surface area contributed by atoms with Crippen molar-refractivity contribution in [2.45, 2.75) is 26.8 Å². The van der Waals surface area contributed by atoms with E-state index >= 15 is 0 Å². The lowest BCUT2D eigenvalue weighted by molar-refractivity contribution is 0.0627. The molecule has 1 N–H and O–H groups in total. The van der Waals surface area contributed by atoms with Gasteiger partial charge in [-0.2, -0.15) is 0 Å². The molecule has 1 aliphatic rings. The second-order valence-electron chi connectivity index (χ2n) is 5.71. The summed E-state index contributed by atoms with van der Waals surface area (Å²) in [6, 6.07) is 0. The molecule has 1 aliphatic heterocycles. The molecule has 2 aromatic rings. The predicted octanol–water partition coefficient (Wildman–Crippen LogP) is 2.30. The van der Waals surface area contributed by atoms with Crippen LogP contribution in [0.3, 0.4) is 0 Å². The van der Waals surface area contributed by atoms with Crippen molar-refractivity contribution in [3.05, 3.63) is 39.6 Å². The maximum Gasteiger partial charge on any atom is 0.255 e. The second kappa shape index (κ2) is 6.62. The molecule has 3 heterocycles. The lowest BCUT2D eigenvalue weighted by atomic mass is 10.2. The van der Waals surface area contributed by atoms with E-state index in [-0.39, 0.29) is 5.91 Å². The molecule has 0 saturated carbocycles. The summed E-state index contributed by atoms with van der Waals surface area (Å²) in [6.07, 6.45) is 4.67. The third-order valence-corrected chi connectivity index (χ3v) is 5.17. The van der Waals surface area contributed by atoms with Crippen LogP contribution in [-0.2, 0) is 13.0 Å². The molecule has 5 nitrogen and oxygen atoms in total. The number of rotatable bonds is 4. The minimum absolute atomic E-state index is 0.139. The fourth-order valence-electron chi connectivity index (χ4n) is 2.76. The van der Waals surface area contributed by atoms with Gasteiger partial charge in [0.2, 0.25) is 0 Å². The average molecular weight is 318 g/mol. The van der Waals surface area contributed by atoms with Crippen LogP contribution in [0.5, 0.6) is 0 Å². The van der Waals surface area contributed by atoms with Gasteiger partial charge in [0.15, 0.2) is 0 Å². The predicted molar refractivity (Wildman–Crippen MR) is 88.2 cm³/mol. The quantitative estimate of drug-likeness (QED) is 0.941. The first kappa shape index (κ1) is 15.2. The molecule has 1 saturated heterocycles. The van der Waals surface area contributed by atoms with E-state index < -0.39 is 0 Å². The van der Waals surface area contributed by atoms with Crippen LogP contribution >= 0.6 is 11.3 Å². The summed E-state index contributed by atoms with van der Waals surface area (Å²) in [5.41, 5.74) is 2.96. The molecule has 1 fully saturated rings. The Morgan fingerprint density at radius 2 is 2.09 bits per heavy atom. The summed E-state index contributed by atoms with van der Waals surface area (Å²) in [5.74, 6) is 0.139. The first-order chi connectivity index (χ1) is 10.7. The van der Waals surface area contributed by atoms with Crippen LogP contribution in [0.15, 0.2) is 17.8 Å². The summed E-state index contributed by atoms with van der Waals surface area (Å²) in [7, 11) is 0. The molecule has 2 aromatic heterocycles. The summed E-state index contributed by atoms with van der Waals surface area (Å²) >= 11 is 1.74. The zero-order valence-electron chi connectivity index (χ0n) is 13.1. The van der Waals surface area contributed by atoms with Crippen molar-refractivity contribution in [1.29, 1.82) is 0 Å². The fourth-order valence-corrected chi connectivity index (χ4v) is 3.50. The van der Waals surface area contributed by atoms with Crippen LogP contribution in [-0.4, -0.2) is 51.9 Å². The van der Waals surface area contributed by atoms with Crippen molar-refractivity contribution < 1.29 is 4.79 Å². The molecule has 0 spiro atoms. The minimum atomic E-state index is 0.139. The Balaban J connectivity index is 1.54. The van der Waals surface area contributed by atoms with E-state index in [1.165, 1.54) is 5.01 Å². The topological polar surface area (TPSA) is 52.2 Å². The monoisotopic (exact) mass is 318 g/mol. The highest BCUT2D eigenvalue weighted by molar-refractivity contribution is 7.09. The molecule has 0 atom stereocenters. The third kappa shape index (κ3) is 3.23. The summed E-state index contributed by atoms with van der Waals surface area (Å²) in [5, 5.41) is 3.35. The highest BCUT2D eigenvalue weighted by Gasteiger charge is 2.23. The van der Waals surface area contributed by atoms with Gasteiger partial charge in [-0.05, 0) is 18.9 Å². The van der Waals surface area contributed by atoms with Gasteiger partial charge in [-0.1, -0.05) is 6.92 Å². The van der Waals surface area contributed by atoms with Crippen molar-refractivity contribution in [2.75, 3.05) is 26.2 Å². The van der Waals surface area contributed by atoms with Gasteiger partial charge in [0.05, 0.1) is 16.3 Å². The number of aromatic nitrogens is 2. The average Bonchev–Trinajstić information content (AvgIpc) is 3.16. The highest BCUT2D eigenvalue weighted by atomic mass is 32.1. The van der Waals surface area contributed by atoms with Gasteiger partial charge in [-0.15, -0.1) is 11.3 Å².